The molecule has 0 saturated heterocycles. The van der Waals surface area contributed by atoms with Gasteiger partial charge in [0, 0.05) is 32.8 Å². The number of aliphatic imine (C=N–C) groups is 1. The second-order valence-electron chi connectivity index (χ2n) is 3.91. The molecule has 0 bridgehead atoms. The molecular formula is C13H20N4O2. The van der Waals surface area contributed by atoms with Gasteiger partial charge in [-0.15, -0.1) is 0 Å². The van der Waals surface area contributed by atoms with E-state index in [9.17, 15) is 4.79 Å². The third kappa shape index (κ3) is 5.39. The van der Waals surface area contributed by atoms with E-state index >= 15 is 0 Å². The van der Waals surface area contributed by atoms with Crippen LogP contribution in [0.1, 0.15) is 15.9 Å². The molecule has 0 fully saturated rings. The highest BCUT2D eigenvalue weighted by atomic mass is 16.5. The van der Waals surface area contributed by atoms with Crippen LogP contribution in [-0.2, 0) is 11.3 Å². The van der Waals surface area contributed by atoms with Gasteiger partial charge in [-0.1, -0.05) is 12.1 Å². The van der Waals surface area contributed by atoms with Gasteiger partial charge in [0.25, 0.3) is 0 Å². The maximum Gasteiger partial charge on any atom is 0.248 e. The van der Waals surface area contributed by atoms with Gasteiger partial charge in [-0.2, -0.15) is 0 Å². The van der Waals surface area contributed by atoms with E-state index in [4.69, 9.17) is 10.5 Å². The molecular weight excluding hydrogens is 244 g/mol. The van der Waals surface area contributed by atoms with E-state index in [1.807, 2.05) is 12.1 Å². The maximum absolute atomic E-state index is 10.9. The first kappa shape index (κ1) is 15.0. The second-order valence-corrected chi connectivity index (χ2v) is 3.91. The lowest BCUT2D eigenvalue weighted by molar-refractivity contribution is 0.100. The topological polar surface area (TPSA) is 88.7 Å². The Bertz CT molecular complexity index is 429. The van der Waals surface area contributed by atoms with Crippen LogP contribution in [-0.4, -0.2) is 39.2 Å². The maximum atomic E-state index is 10.9. The molecule has 1 rings (SSSR count). The van der Waals surface area contributed by atoms with Crippen molar-refractivity contribution in [3.63, 3.8) is 0 Å². The highest BCUT2D eigenvalue weighted by Crippen LogP contribution is 2.03. The molecule has 0 aromatic heterocycles. The van der Waals surface area contributed by atoms with Crippen molar-refractivity contribution in [3.8, 4) is 0 Å². The molecule has 1 aromatic rings. The van der Waals surface area contributed by atoms with E-state index in [1.165, 1.54) is 0 Å². The summed E-state index contributed by atoms with van der Waals surface area (Å²) in [5, 5.41) is 6.27. The Morgan fingerprint density at radius 3 is 2.53 bits per heavy atom. The lowest BCUT2D eigenvalue weighted by Crippen LogP contribution is -2.38. The van der Waals surface area contributed by atoms with Gasteiger partial charge >= 0.3 is 0 Å². The van der Waals surface area contributed by atoms with Crippen molar-refractivity contribution in [2.24, 2.45) is 10.7 Å². The molecule has 1 amide bonds. The number of ether oxygens (including phenoxy) is 1. The smallest absolute Gasteiger partial charge is 0.248 e. The zero-order valence-corrected chi connectivity index (χ0v) is 11.3. The summed E-state index contributed by atoms with van der Waals surface area (Å²) in [6.07, 6.45) is 0. The summed E-state index contributed by atoms with van der Waals surface area (Å²) in [7, 11) is 3.36. The molecule has 104 valence electrons. The van der Waals surface area contributed by atoms with E-state index in [0.29, 0.717) is 31.2 Å². The number of nitrogens with two attached hydrogens (primary N) is 1. The Morgan fingerprint density at radius 1 is 1.32 bits per heavy atom. The second kappa shape index (κ2) is 8.10. The molecule has 0 saturated carbocycles. The van der Waals surface area contributed by atoms with Gasteiger partial charge < -0.3 is 21.1 Å². The first-order chi connectivity index (χ1) is 9.17. The van der Waals surface area contributed by atoms with Gasteiger partial charge in [0.15, 0.2) is 5.96 Å². The largest absolute Gasteiger partial charge is 0.383 e. The van der Waals surface area contributed by atoms with E-state index < -0.39 is 5.91 Å². The van der Waals surface area contributed by atoms with Crippen molar-refractivity contribution in [2.75, 3.05) is 27.3 Å². The number of rotatable bonds is 6. The molecule has 0 aliphatic heterocycles. The van der Waals surface area contributed by atoms with Crippen LogP contribution in [0.3, 0.4) is 0 Å². The standard InChI is InChI=1S/C13H20N4O2/c1-15-13(16-7-8-19-2)17-9-10-3-5-11(6-4-10)12(14)18/h3-6H,7-9H2,1-2H3,(H2,14,18)(H2,15,16,17). The lowest BCUT2D eigenvalue weighted by atomic mass is 10.1. The monoisotopic (exact) mass is 264 g/mol. The van der Waals surface area contributed by atoms with Crippen LogP contribution in [0.5, 0.6) is 0 Å². The Morgan fingerprint density at radius 2 is 2.00 bits per heavy atom. The van der Waals surface area contributed by atoms with Crippen molar-refractivity contribution in [1.82, 2.24) is 10.6 Å². The SMILES string of the molecule is CN=C(NCCOC)NCc1ccc(C(N)=O)cc1. The zero-order chi connectivity index (χ0) is 14.1. The van der Waals surface area contributed by atoms with Crippen LogP contribution >= 0.6 is 0 Å². The van der Waals surface area contributed by atoms with Crippen LogP contribution in [0.25, 0.3) is 0 Å². The van der Waals surface area contributed by atoms with Gasteiger partial charge in [0.1, 0.15) is 0 Å². The van der Waals surface area contributed by atoms with E-state index in [-0.39, 0.29) is 0 Å². The summed E-state index contributed by atoms with van der Waals surface area (Å²) in [6, 6.07) is 7.13. The predicted octanol–water partition coefficient (Wildman–Crippen LogP) is 0.0969. The number of amides is 1. The van der Waals surface area contributed by atoms with Gasteiger partial charge in [0.05, 0.1) is 6.61 Å². The first-order valence-electron chi connectivity index (χ1n) is 5.99. The molecule has 4 N–H and O–H groups in total. The summed E-state index contributed by atoms with van der Waals surface area (Å²) < 4.78 is 4.95. The average molecular weight is 264 g/mol. The molecule has 6 nitrogen and oxygen atoms in total. The van der Waals surface area contributed by atoms with Crippen LogP contribution in [0.15, 0.2) is 29.3 Å². The summed E-state index contributed by atoms with van der Waals surface area (Å²) in [6.45, 7) is 1.93. The van der Waals surface area contributed by atoms with E-state index in [0.717, 1.165) is 5.56 Å². The van der Waals surface area contributed by atoms with Crippen LogP contribution < -0.4 is 16.4 Å². The van der Waals surface area contributed by atoms with Gasteiger partial charge in [0.2, 0.25) is 5.91 Å². The average Bonchev–Trinajstić information content (AvgIpc) is 2.43. The van der Waals surface area contributed by atoms with Gasteiger partial charge in [-0.3, -0.25) is 9.79 Å². The number of methoxy groups -OCH3 is 1. The lowest BCUT2D eigenvalue weighted by Gasteiger charge is -2.11. The number of guanidine groups is 1. The molecule has 0 unspecified atom stereocenters. The van der Waals surface area contributed by atoms with Crippen LogP contribution in [0, 0.1) is 0 Å². The number of nitrogens with one attached hydrogen (secondary N) is 2. The van der Waals surface area contributed by atoms with Crippen LogP contribution in [0.2, 0.25) is 0 Å². The molecule has 19 heavy (non-hydrogen) atoms. The molecule has 6 heteroatoms. The molecule has 1 aromatic carbocycles. The fourth-order valence-corrected chi connectivity index (χ4v) is 1.46. The fraction of sp³-hybridized carbons (Fsp3) is 0.385. The molecule has 0 heterocycles. The Balaban J connectivity index is 2.44. The number of primary amides is 1. The Labute approximate surface area is 113 Å². The first-order valence-corrected chi connectivity index (χ1v) is 5.99. The van der Waals surface area contributed by atoms with E-state index in [1.54, 1.807) is 26.3 Å². The summed E-state index contributed by atoms with van der Waals surface area (Å²) in [5.41, 5.74) is 6.73. The normalized spacial score (nSPS) is 11.2. The molecule has 0 aliphatic rings. The van der Waals surface area contributed by atoms with Crippen molar-refractivity contribution in [1.29, 1.82) is 0 Å². The zero-order valence-electron chi connectivity index (χ0n) is 11.3. The summed E-state index contributed by atoms with van der Waals surface area (Å²) >= 11 is 0. The highest BCUT2D eigenvalue weighted by Gasteiger charge is 2.01. The Hall–Kier alpha value is -2.08. The van der Waals surface area contributed by atoms with Crippen molar-refractivity contribution >= 4 is 11.9 Å². The van der Waals surface area contributed by atoms with Gasteiger partial charge in [-0.05, 0) is 17.7 Å². The Kier molecular flexibility index (Phi) is 6.38. The molecule has 0 atom stereocenters. The molecule has 0 radical (unpaired) electrons. The minimum atomic E-state index is -0.420. The number of benzene rings is 1. The third-order valence-corrected chi connectivity index (χ3v) is 2.52. The van der Waals surface area contributed by atoms with Crippen molar-refractivity contribution in [3.05, 3.63) is 35.4 Å². The number of hydrogen-bond donors (Lipinski definition) is 3. The summed E-state index contributed by atoms with van der Waals surface area (Å²) in [4.78, 5) is 15.0. The number of hydrogen-bond acceptors (Lipinski definition) is 3. The molecule has 0 spiro atoms. The predicted molar refractivity (Wildman–Crippen MR) is 75.0 cm³/mol. The quantitative estimate of drug-likeness (QED) is 0.386. The number of carbonyl (C=O) groups excluding carboxylic acids is 1. The summed E-state index contributed by atoms with van der Waals surface area (Å²) in [5.74, 6) is 0.285. The minimum absolute atomic E-state index is 0.420. The third-order valence-electron chi connectivity index (χ3n) is 2.52. The fourth-order valence-electron chi connectivity index (χ4n) is 1.46. The van der Waals surface area contributed by atoms with Gasteiger partial charge in [-0.25, -0.2) is 0 Å². The number of carbonyl (C=O) groups is 1. The molecule has 0 aliphatic carbocycles. The van der Waals surface area contributed by atoms with Crippen molar-refractivity contribution in [2.45, 2.75) is 6.54 Å². The van der Waals surface area contributed by atoms with Crippen molar-refractivity contribution < 1.29 is 9.53 Å². The highest BCUT2D eigenvalue weighted by molar-refractivity contribution is 5.92. The minimum Gasteiger partial charge on any atom is -0.383 e. The van der Waals surface area contributed by atoms with E-state index in [2.05, 4.69) is 15.6 Å². The van der Waals surface area contributed by atoms with Crippen LogP contribution in [0.4, 0.5) is 0 Å². The number of nitrogens with zero attached hydrogens (tertiary/aromatic N) is 1.